The van der Waals surface area contributed by atoms with Gasteiger partial charge in [-0.25, -0.2) is 0 Å². The standard InChI is InChI=1S/C17H19N3S/c1-14-6-5-9-16(10-14)20-13-19(12-18-17(20)21)11-15-7-3-2-4-8-15/h2-10H,11-13H2,1H3,(H,18,21)/p+1. The zero-order chi connectivity index (χ0) is 14.7. The molecule has 21 heavy (non-hydrogen) atoms. The smallest absolute Gasteiger partial charge is 0.182 e. The van der Waals surface area contributed by atoms with Crippen LogP contribution in [0.4, 0.5) is 5.69 Å². The van der Waals surface area contributed by atoms with Crippen LogP contribution >= 0.6 is 12.2 Å². The van der Waals surface area contributed by atoms with Crippen molar-refractivity contribution < 1.29 is 4.90 Å². The summed E-state index contributed by atoms with van der Waals surface area (Å²) in [7, 11) is 0. The third-order valence-corrected chi connectivity index (χ3v) is 4.09. The molecule has 2 N–H and O–H groups in total. The van der Waals surface area contributed by atoms with Crippen molar-refractivity contribution >= 4 is 23.0 Å². The van der Waals surface area contributed by atoms with E-state index in [0.717, 1.165) is 30.7 Å². The summed E-state index contributed by atoms with van der Waals surface area (Å²) >= 11 is 5.47. The van der Waals surface area contributed by atoms with Crippen molar-refractivity contribution in [3.8, 4) is 0 Å². The van der Waals surface area contributed by atoms with Crippen molar-refractivity contribution in [3.05, 3.63) is 65.7 Å². The minimum atomic E-state index is 0.817. The number of nitrogens with zero attached hydrogens (tertiary/aromatic N) is 1. The van der Waals surface area contributed by atoms with E-state index in [1.54, 1.807) is 0 Å². The van der Waals surface area contributed by atoms with Crippen LogP contribution in [0.5, 0.6) is 0 Å². The Morgan fingerprint density at radius 2 is 1.95 bits per heavy atom. The lowest BCUT2D eigenvalue weighted by molar-refractivity contribution is -0.916. The Hall–Kier alpha value is -1.91. The van der Waals surface area contributed by atoms with Crippen molar-refractivity contribution in [1.29, 1.82) is 0 Å². The largest absolute Gasteiger partial charge is 0.315 e. The lowest BCUT2D eigenvalue weighted by Crippen LogP contribution is -3.16. The van der Waals surface area contributed by atoms with Gasteiger partial charge in [0.25, 0.3) is 0 Å². The van der Waals surface area contributed by atoms with Gasteiger partial charge < -0.3 is 5.32 Å². The fourth-order valence-corrected chi connectivity index (χ4v) is 2.90. The van der Waals surface area contributed by atoms with E-state index in [1.807, 2.05) is 0 Å². The fraction of sp³-hybridized carbons (Fsp3) is 0.235. The van der Waals surface area contributed by atoms with E-state index in [1.165, 1.54) is 16.0 Å². The summed E-state index contributed by atoms with van der Waals surface area (Å²) in [5.41, 5.74) is 3.77. The number of hydrogen-bond acceptors (Lipinski definition) is 1. The molecule has 3 rings (SSSR count). The van der Waals surface area contributed by atoms with E-state index in [0.29, 0.717) is 0 Å². The minimum Gasteiger partial charge on any atom is -0.315 e. The normalized spacial score (nSPS) is 18.4. The molecule has 1 aliphatic rings. The van der Waals surface area contributed by atoms with Crippen molar-refractivity contribution in [2.75, 3.05) is 18.2 Å². The molecule has 4 heteroatoms. The Labute approximate surface area is 131 Å². The predicted molar refractivity (Wildman–Crippen MR) is 90.2 cm³/mol. The highest BCUT2D eigenvalue weighted by Crippen LogP contribution is 2.15. The highest BCUT2D eigenvalue weighted by Gasteiger charge is 2.24. The Bertz CT molecular complexity index is 627. The van der Waals surface area contributed by atoms with Crippen LogP contribution in [0.25, 0.3) is 0 Å². The zero-order valence-corrected chi connectivity index (χ0v) is 13.0. The first kappa shape index (κ1) is 14.0. The van der Waals surface area contributed by atoms with Gasteiger partial charge in [-0.05, 0) is 36.8 Å². The molecule has 0 aliphatic carbocycles. The van der Waals surface area contributed by atoms with E-state index < -0.39 is 0 Å². The summed E-state index contributed by atoms with van der Waals surface area (Å²) in [5, 5.41) is 4.16. The van der Waals surface area contributed by atoms with Crippen molar-refractivity contribution in [1.82, 2.24) is 5.32 Å². The lowest BCUT2D eigenvalue weighted by atomic mass is 10.2. The second-order valence-electron chi connectivity index (χ2n) is 5.50. The zero-order valence-electron chi connectivity index (χ0n) is 12.2. The molecule has 1 fully saturated rings. The average Bonchev–Trinajstić information content (AvgIpc) is 2.50. The number of rotatable bonds is 3. The number of anilines is 1. The van der Waals surface area contributed by atoms with Gasteiger partial charge >= 0.3 is 0 Å². The molecule has 0 spiro atoms. The van der Waals surface area contributed by atoms with Gasteiger partial charge in [0, 0.05) is 11.3 Å². The van der Waals surface area contributed by atoms with Crippen LogP contribution in [0.15, 0.2) is 54.6 Å². The van der Waals surface area contributed by atoms with Gasteiger partial charge in [-0.15, -0.1) is 0 Å². The summed E-state index contributed by atoms with van der Waals surface area (Å²) < 4.78 is 0. The second-order valence-corrected chi connectivity index (χ2v) is 5.88. The fourth-order valence-electron chi connectivity index (χ4n) is 2.65. The third kappa shape index (κ3) is 3.40. The van der Waals surface area contributed by atoms with Crippen molar-refractivity contribution in [3.63, 3.8) is 0 Å². The van der Waals surface area contributed by atoms with Crippen LogP contribution < -0.4 is 15.1 Å². The molecule has 2 aromatic carbocycles. The molecule has 108 valence electrons. The average molecular weight is 298 g/mol. The molecule has 3 nitrogen and oxygen atoms in total. The molecule has 1 unspecified atom stereocenters. The summed E-state index contributed by atoms with van der Waals surface area (Å²) in [5.74, 6) is 0. The molecular weight excluding hydrogens is 278 g/mol. The first-order valence-corrected chi connectivity index (χ1v) is 7.63. The van der Waals surface area contributed by atoms with E-state index >= 15 is 0 Å². The Balaban J connectivity index is 1.74. The van der Waals surface area contributed by atoms with Crippen LogP contribution in [-0.4, -0.2) is 18.4 Å². The topological polar surface area (TPSA) is 19.7 Å². The maximum absolute atomic E-state index is 5.47. The van der Waals surface area contributed by atoms with Gasteiger partial charge in [0.1, 0.15) is 6.54 Å². The third-order valence-electron chi connectivity index (χ3n) is 3.73. The van der Waals surface area contributed by atoms with Crippen LogP contribution in [0.1, 0.15) is 11.1 Å². The highest BCUT2D eigenvalue weighted by molar-refractivity contribution is 7.80. The number of benzene rings is 2. The molecule has 0 aromatic heterocycles. The van der Waals surface area contributed by atoms with Gasteiger partial charge in [-0.1, -0.05) is 42.5 Å². The number of aryl methyl sites for hydroxylation is 1. The lowest BCUT2D eigenvalue weighted by Gasteiger charge is -2.35. The van der Waals surface area contributed by atoms with E-state index in [9.17, 15) is 0 Å². The van der Waals surface area contributed by atoms with Crippen LogP contribution in [0.3, 0.4) is 0 Å². The monoisotopic (exact) mass is 298 g/mol. The van der Waals surface area contributed by atoms with E-state index in [2.05, 4.69) is 71.7 Å². The maximum Gasteiger partial charge on any atom is 0.182 e. The summed E-state index contributed by atoms with van der Waals surface area (Å²) in [6, 6.07) is 19.1. The molecule has 0 bridgehead atoms. The summed E-state index contributed by atoms with van der Waals surface area (Å²) in [4.78, 5) is 3.64. The van der Waals surface area contributed by atoms with Crippen LogP contribution in [0.2, 0.25) is 0 Å². The number of hydrogen-bond donors (Lipinski definition) is 2. The van der Waals surface area contributed by atoms with Gasteiger partial charge in [0.2, 0.25) is 0 Å². The van der Waals surface area contributed by atoms with Gasteiger partial charge in [0.05, 0.1) is 0 Å². The van der Waals surface area contributed by atoms with Crippen LogP contribution in [0, 0.1) is 6.92 Å². The first-order valence-electron chi connectivity index (χ1n) is 7.22. The van der Waals surface area contributed by atoms with Gasteiger partial charge in [-0.3, -0.25) is 9.80 Å². The molecule has 0 radical (unpaired) electrons. The molecule has 1 atom stereocenters. The van der Waals surface area contributed by atoms with E-state index in [4.69, 9.17) is 12.2 Å². The molecule has 2 aromatic rings. The Morgan fingerprint density at radius 3 is 2.71 bits per heavy atom. The predicted octanol–water partition coefficient (Wildman–Crippen LogP) is 1.69. The SMILES string of the molecule is Cc1cccc(N2C[NH+](Cc3ccccc3)CNC2=S)c1. The first-order chi connectivity index (χ1) is 10.2. The van der Waals surface area contributed by atoms with E-state index in [-0.39, 0.29) is 0 Å². The summed E-state index contributed by atoms with van der Waals surface area (Å²) in [6.45, 7) is 4.87. The summed E-state index contributed by atoms with van der Waals surface area (Å²) in [6.07, 6.45) is 0. The van der Waals surface area contributed by atoms with Gasteiger partial charge in [-0.2, -0.15) is 0 Å². The Morgan fingerprint density at radius 1 is 1.14 bits per heavy atom. The van der Waals surface area contributed by atoms with Crippen molar-refractivity contribution in [2.24, 2.45) is 0 Å². The molecule has 0 saturated carbocycles. The number of quaternary nitrogens is 1. The van der Waals surface area contributed by atoms with Crippen molar-refractivity contribution in [2.45, 2.75) is 13.5 Å². The second kappa shape index (κ2) is 6.24. The van der Waals surface area contributed by atoms with Gasteiger partial charge in [0.15, 0.2) is 18.4 Å². The molecular formula is C17H20N3S+. The molecule has 0 amide bonds. The molecule has 1 saturated heterocycles. The number of nitrogens with one attached hydrogen (secondary N) is 2. The quantitative estimate of drug-likeness (QED) is 0.842. The number of thiocarbonyl (C=S) groups is 1. The maximum atomic E-state index is 5.47. The molecule has 1 aliphatic heterocycles. The Kier molecular flexibility index (Phi) is 4.18. The minimum absolute atomic E-state index is 0.817. The molecule has 1 heterocycles. The highest BCUT2D eigenvalue weighted by atomic mass is 32.1. The van der Waals surface area contributed by atoms with Crippen LogP contribution in [-0.2, 0) is 6.54 Å².